The molecule has 0 saturated carbocycles. The molecule has 2 aliphatic rings. The second kappa shape index (κ2) is 18.9. The standard InChI is InChI=1S/C41H58O9SSi/c1-28(2)51-40-35(43)37(34(42)32(49-40)27-47-52(6,7)41(3,4)5)50-39-38(46-25-31-21-15-10-16-22-31)36(45-24-30-19-13-9-14-20-30)33(48-39)26-44-23-29-17-11-8-12-18-29/h8-22,28,32-40,42-43H,23-27H2,1-7H3/t32-,33-,34+,35-,36-,37+,38+,39-,40+/m1/s1. The lowest BCUT2D eigenvalue weighted by atomic mass is 10.00. The molecule has 3 aromatic rings. The maximum Gasteiger partial charge on any atom is 0.192 e. The highest BCUT2D eigenvalue weighted by molar-refractivity contribution is 8.00. The molecule has 286 valence electrons. The first-order valence-electron chi connectivity index (χ1n) is 18.4. The zero-order chi connectivity index (χ0) is 37.3. The fourth-order valence-corrected chi connectivity index (χ4v) is 8.03. The van der Waals surface area contributed by atoms with Crippen molar-refractivity contribution in [3.63, 3.8) is 0 Å². The van der Waals surface area contributed by atoms with E-state index in [-0.39, 0.29) is 30.1 Å². The molecule has 9 nitrogen and oxygen atoms in total. The van der Waals surface area contributed by atoms with Gasteiger partial charge in [-0.25, -0.2) is 0 Å². The van der Waals surface area contributed by atoms with Gasteiger partial charge in [0.1, 0.15) is 48.2 Å². The summed E-state index contributed by atoms with van der Waals surface area (Å²) < 4.78 is 45.6. The molecule has 2 aliphatic heterocycles. The Kier molecular flexibility index (Phi) is 15.0. The third-order valence-corrected chi connectivity index (χ3v) is 15.7. The summed E-state index contributed by atoms with van der Waals surface area (Å²) >= 11 is 1.49. The van der Waals surface area contributed by atoms with Crippen LogP contribution in [0.5, 0.6) is 0 Å². The highest BCUT2D eigenvalue weighted by Crippen LogP contribution is 2.39. The second-order valence-corrected chi connectivity index (χ2v) is 21.9. The molecule has 0 radical (unpaired) electrons. The number of hydrogen-bond acceptors (Lipinski definition) is 10. The van der Waals surface area contributed by atoms with Crippen molar-refractivity contribution in [3.8, 4) is 0 Å². The number of aliphatic hydroxyl groups excluding tert-OH is 2. The molecule has 0 aliphatic carbocycles. The summed E-state index contributed by atoms with van der Waals surface area (Å²) in [6, 6.07) is 29.8. The number of benzene rings is 3. The minimum Gasteiger partial charge on any atom is -0.414 e. The fraction of sp³-hybridized carbons (Fsp3) is 0.561. The fourth-order valence-electron chi connectivity index (χ4n) is 5.96. The molecule has 0 bridgehead atoms. The van der Waals surface area contributed by atoms with Gasteiger partial charge in [0.15, 0.2) is 14.6 Å². The molecule has 3 aromatic carbocycles. The van der Waals surface area contributed by atoms with Crippen molar-refractivity contribution in [3.05, 3.63) is 108 Å². The minimum atomic E-state index is -2.17. The predicted octanol–water partition coefficient (Wildman–Crippen LogP) is 7.09. The Morgan fingerprint density at radius 3 is 1.71 bits per heavy atom. The molecule has 2 saturated heterocycles. The molecule has 2 fully saturated rings. The lowest BCUT2D eigenvalue weighted by molar-refractivity contribution is -0.279. The van der Waals surface area contributed by atoms with Crippen LogP contribution in [-0.4, -0.2) is 91.4 Å². The number of ether oxygens (including phenoxy) is 6. The van der Waals surface area contributed by atoms with Crippen molar-refractivity contribution in [1.82, 2.24) is 0 Å². The first-order chi connectivity index (χ1) is 24.8. The molecule has 52 heavy (non-hydrogen) atoms. The van der Waals surface area contributed by atoms with Crippen LogP contribution < -0.4 is 0 Å². The van der Waals surface area contributed by atoms with Crippen LogP contribution >= 0.6 is 11.8 Å². The molecule has 0 amide bonds. The molecule has 9 atom stereocenters. The van der Waals surface area contributed by atoms with Gasteiger partial charge in [-0.3, -0.25) is 0 Å². The average molecular weight is 755 g/mol. The summed E-state index contributed by atoms with van der Waals surface area (Å²) in [6.45, 7) is 16.4. The first-order valence-corrected chi connectivity index (χ1v) is 22.2. The highest BCUT2D eigenvalue weighted by atomic mass is 32.2. The van der Waals surface area contributed by atoms with Crippen molar-refractivity contribution in [1.29, 1.82) is 0 Å². The number of aliphatic hydroxyl groups is 2. The minimum absolute atomic E-state index is 0.0263. The van der Waals surface area contributed by atoms with Gasteiger partial charge in [0.25, 0.3) is 0 Å². The molecule has 0 aromatic heterocycles. The van der Waals surface area contributed by atoms with Crippen LogP contribution in [0.15, 0.2) is 91.0 Å². The maximum absolute atomic E-state index is 11.8. The number of hydrogen-bond donors (Lipinski definition) is 2. The van der Waals surface area contributed by atoms with Gasteiger partial charge >= 0.3 is 0 Å². The van der Waals surface area contributed by atoms with Crippen molar-refractivity contribution in [2.45, 2.75) is 132 Å². The molecule has 2 heterocycles. The van der Waals surface area contributed by atoms with Crippen LogP contribution in [0, 0.1) is 0 Å². The van der Waals surface area contributed by atoms with Crippen LogP contribution in [-0.2, 0) is 52.7 Å². The van der Waals surface area contributed by atoms with E-state index in [1.54, 1.807) is 0 Å². The third-order valence-electron chi connectivity index (χ3n) is 9.99. The van der Waals surface area contributed by atoms with Gasteiger partial charge in [-0.2, -0.15) is 0 Å². The van der Waals surface area contributed by atoms with Crippen LogP contribution in [0.1, 0.15) is 51.3 Å². The van der Waals surface area contributed by atoms with Crippen LogP contribution in [0.25, 0.3) is 0 Å². The van der Waals surface area contributed by atoms with Crippen molar-refractivity contribution in [2.24, 2.45) is 0 Å². The summed E-state index contributed by atoms with van der Waals surface area (Å²) in [4.78, 5) is 0. The van der Waals surface area contributed by atoms with Gasteiger partial charge in [-0.05, 0) is 34.8 Å². The molecule has 2 N–H and O–H groups in total. The number of rotatable bonds is 17. The number of thioether (sulfide) groups is 1. The van der Waals surface area contributed by atoms with Gasteiger partial charge in [0.05, 0.1) is 33.0 Å². The van der Waals surface area contributed by atoms with E-state index in [1.165, 1.54) is 11.8 Å². The molecule has 0 unspecified atom stereocenters. The van der Waals surface area contributed by atoms with Crippen LogP contribution in [0.4, 0.5) is 0 Å². The summed E-state index contributed by atoms with van der Waals surface area (Å²) in [5, 5.41) is 23.7. The van der Waals surface area contributed by atoms with Gasteiger partial charge in [-0.15, -0.1) is 11.8 Å². The Hall–Kier alpha value is -2.13. The van der Waals surface area contributed by atoms with Gasteiger partial charge < -0.3 is 43.1 Å². The topological polar surface area (TPSA) is 105 Å². The zero-order valence-corrected chi connectivity index (χ0v) is 33.4. The Morgan fingerprint density at radius 2 is 1.19 bits per heavy atom. The molecular formula is C41H58O9SSi. The predicted molar refractivity (Wildman–Crippen MR) is 206 cm³/mol. The van der Waals surface area contributed by atoms with E-state index in [4.69, 9.17) is 32.8 Å². The largest absolute Gasteiger partial charge is 0.414 e. The van der Waals surface area contributed by atoms with Gasteiger partial charge in [-0.1, -0.05) is 126 Å². The van der Waals surface area contributed by atoms with Crippen LogP contribution in [0.2, 0.25) is 18.1 Å². The lowest BCUT2D eigenvalue weighted by Crippen LogP contribution is -2.61. The summed E-state index contributed by atoms with van der Waals surface area (Å²) in [7, 11) is -2.17. The van der Waals surface area contributed by atoms with Crippen molar-refractivity contribution >= 4 is 20.1 Å². The second-order valence-electron chi connectivity index (χ2n) is 15.4. The Bertz CT molecular complexity index is 1460. The quantitative estimate of drug-likeness (QED) is 0.139. The Balaban J connectivity index is 1.40. The SMILES string of the molecule is CC(C)S[C@@H]1O[C@H](CO[Si](C)(C)C(C)(C)C)[C@H](O)[C@H](O[C@H]2O[C@H](COCc3ccccc3)[C@@H](OCc3ccccc3)[C@@H]2OCc2ccccc2)[C@H]1O. The molecule has 11 heteroatoms. The van der Waals surface area contributed by atoms with E-state index in [0.717, 1.165) is 16.7 Å². The third kappa shape index (κ3) is 11.2. The van der Waals surface area contributed by atoms with Crippen LogP contribution in [0.3, 0.4) is 0 Å². The Morgan fingerprint density at radius 1 is 0.673 bits per heavy atom. The molecular weight excluding hydrogens is 697 g/mol. The van der Waals surface area contributed by atoms with Crippen molar-refractivity contribution in [2.75, 3.05) is 13.2 Å². The smallest absolute Gasteiger partial charge is 0.192 e. The molecule has 0 spiro atoms. The molecule has 5 rings (SSSR count). The summed E-state index contributed by atoms with van der Waals surface area (Å²) in [5.41, 5.74) is 2.38. The van der Waals surface area contributed by atoms with E-state index >= 15 is 0 Å². The highest BCUT2D eigenvalue weighted by Gasteiger charge is 2.53. The lowest BCUT2D eigenvalue weighted by Gasteiger charge is -2.45. The van der Waals surface area contributed by atoms with E-state index in [1.807, 2.05) is 105 Å². The summed E-state index contributed by atoms with van der Waals surface area (Å²) in [6.07, 6.45) is -6.98. The van der Waals surface area contributed by atoms with Gasteiger partial charge in [0, 0.05) is 5.25 Å². The van der Waals surface area contributed by atoms with E-state index < -0.39 is 62.8 Å². The Labute approximate surface area is 315 Å². The van der Waals surface area contributed by atoms with E-state index in [9.17, 15) is 10.2 Å². The van der Waals surface area contributed by atoms with Gasteiger partial charge in [0.2, 0.25) is 0 Å². The van der Waals surface area contributed by atoms with E-state index in [2.05, 4.69) is 33.9 Å². The van der Waals surface area contributed by atoms with Crippen molar-refractivity contribution < 1.29 is 43.1 Å². The maximum atomic E-state index is 11.8. The summed E-state index contributed by atoms with van der Waals surface area (Å²) in [5.74, 6) is 0. The first kappa shape index (κ1) is 41.0. The zero-order valence-electron chi connectivity index (χ0n) is 31.6. The van der Waals surface area contributed by atoms with E-state index in [0.29, 0.717) is 13.2 Å². The normalized spacial score (nSPS) is 28.4. The average Bonchev–Trinajstić information content (AvgIpc) is 3.44. The monoisotopic (exact) mass is 754 g/mol.